The van der Waals surface area contributed by atoms with Crippen molar-refractivity contribution in [2.24, 2.45) is 0 Å². The molecule has 2 aliphatic rings. The van der Waals surface area contributed by atoms with Crippen LogP contribution in [0.2, 0.25) is 0 Å². The lowest BCUT2D eigenvalue weighted by Gasteiger charge is -2.25. The monoisotopic (exact) mass is 431 g/mol. The lowest BCUT2D eigenvalue weighted by Crippen LogP contribution is -2.27. The van der Waals surface area contributed by atoms with Gasteiger partial charge in [0, 0.05) is 30.4 Å². The molecule has 0 spiro atoms. The lowest BCUT2D eigenvalue weighted by atomic mass is 9.95. The van der Waals surface area contributed by atoms with E-state index < -0.39 is 11.8 Å². The number of hydrogen-bond acceptors (Lipinski definition) is 4. The molecule has 1 amide bonds. The number of benzene rings is 1. The maximum Gasteiger partial charge on any atom is 0.327 e. The fourth-order valence-corrected chi connectivity index (χ4v) is 4.45. The predicted octanol–water partition coefficient (Wildman–Crippen LogP) is 5.08. The Morgan fingerprint density at radius 1 is 0.968 bits per heavy atom. The summed E-state index contributed by atoms with van der Waals surface area (Å²) in [5.41, 5.74) is 1.46. The fraction of sp³-hybridized carbons (Fsp3) is 0.583. The molecule has 0 saturated heterocycles. The van der Waals surface area contributed by atoms with Gasteiger partial charge in [-0.1, -0.05) is 38.2 Å². The molecule has 2 aliphatic carbocycles. The molecule has 0 aliphatic heterocycles. The van der Waals surface area contributed by atoms with Crippen molar-refractivity contribution >= 4 is 23.3 Å². The maximum absolute atomic E-state index is 14.9. The van der Waals surface area contributed by atoms with Crippen LogP contribution in [0.4, 0.5) is 15.8 Å². The Hall–Kier alpha value is -2.57. The number of carbonyl (C=O) groups excluding carboxylic acids is 1. The van der Waals surface area contributed by atoms with Gasteiger partial charge >= 0.3 is 5.97 Å². The third-order valence-electron chi connectivity index (χ3n) is 6.12. The summed E-state index contributed by atoms with van der Waals surface area (Å²) in [6.45, 7) is 0.398. The van der Waals surface area contributed by atoms with Gasteiger partial charge in [-0.25, -0.2) is 9.18 Å². The first kappa shape index (κ1) is 23.1. The summed E-state index contributed by atoms with van der Waals surface area (Å²) < 4.78 is 14.9. The Labute approximate surface area is 183 Å². The Bertz CT molecular complexity index is 785. The van der Waals surface area contributed by atoms with Crippen LogP contribution in [0.1, 0.15) is 81.0 Å². The second-order valence-corrected chi connectivity index (χ2v) is 8.62. The van der Waals surface area contributed by atoms with E-state index in [2.05, 4.69) is 16.0 Å². The van der Waals surface area contributed by atoms with Crippen molar-refractivity contribution < 1.29 is 19.1 Å². The largest absolute Gasteiger partial charge is 0.478 e. The number of nitrogens with one attached hydrogen (secondary N) is 3. The van der Waals surface area contributed by atoms with E-state index in [0.717, 1.165) is 57.4 Å². The zero-order chi connectivity index (χ0) is 22.1. The zero-order valence-corrected chi connectivity index (χ0v) is 18.1. The molecular weight excluding hydrogens is 397 g/mol. The van der Waals surface area contributed by atoms with Crippen LogP contribution < -0.4 is 16.0 Å². The highest BCUT2D eigenvalue weighted by molar-refractivity contribution is 6.00. The molecule has 6 nitrogen and oxygen atoms in total. The Morgan fingerprint density at radius 2 is 1.58 bits per heavy atom. The Kier molecular flexibility index (Phi) is 8.74. The number of carbonyl (C=O) groups is 2. The van der Waals surface area contributed by atoms with Crippen LogP contribution in [0.25, 0.3) is 0 Å². The molecule has 0 atom stereocenters. The molecular formula is C24H34FN3O3. The molecule has 31 heavy (non-hydrogen) atoms. The van der Waals surface area contributed by atoms with Crippen LogP contribution in [-0.4, -0.2) is 35.6 Å². The van der Waals surface area contributed by atoms with E-state index in [1.165, 1.54) is 12.5 Å². The van der Waals surface area contributed by atoms with Gasteiger partial charge in [-0.15, -0.1) is 0 Å². The second kappa shape index (κ2) is 11.7. The van der Waals surface area contributed by atoms with E-state index in [-0.39, 0.29) is 11.9 Å². The van der Waals surface area contributed by atoms with Crippen LogP contribution in [0.3, 0.4) is 0 Å². The molecule has 0 unspecified atom stereocenters. The SMILES string of the molecule is O=C(O)/C=C/CCCNC(=O)c1cc(F)c(NC2CCCCC2)cc1NC1CCCC1. The summed E-state index contributed by atoms with van der Waals surface area (Å²) in [6, 6.07) is 3.68. The van der Waals surface area contributed by atoms with E-state index in [4.69, 9.17) is 5.11 Å². The highest BCUT2D eigenvalue weighted by atomic mass is 19.1. The van der Waals surface area contributed by atoms with Gasteiger partial charge in [-0.2, -0.15) is 0 Å². The van der Waals surface area contributed by atoms with E-state index in [9.17, 15) is 14.0 Å². The van der Waals surface area contributed by atoms with Gasteiger partial charge in [0.2, 0.25) is 0 Å². The fourth-order valence-electron chi connectivity index (χ4n) is 4.45. The first-order valence-electron chi connectivity index (χ1n) is 11.6. The molecule has 0 bridgehead atoms. The number of hydrogen-bond donors (Lipinski definition) is 4. The van der Waals surface area contributed by atoms with E-state index in [1.54, 1.807) is 12.1 Å². The molecule has 2 saturated carbocycles. The van der Waals surface area contributed by atoms with Gasteiger partial charge in [-0.3, -0.25) is 4.79 Å². The highest BCUT2D eigenvalue weighted by Crippen LogP contribution is 2.31. The summed E-state index contributed by atoms with van der Waals surface area (Å²) in [5, 5.41) is 18.3. The van der Waals surface area contributed by atoms with E-state index >= 15 is 0 Å². The number of rotatable bonds is 10. The van der Waals surface area contributed by atoms with Gasteiger partial charge in [0.1, 0.15) is 5.82 Å². The third-order valence-corrected chi connectivity index (χ3v) is 6.12. The molecule has 4 N–H and O–H groups in total. The van der Waals surface area contributed by atoms with E-state index in [1.807, 2.05) is 0 Å². The quantitative estimate of drug-likeness (QED) is 0.307. The molecule has 1 aromatic carbocycles. The standard InChI is InChI=1S/C24H34FN3O3/c25-20-15-19(24(31)26-14-8-2-5-13-23(29)30)21(27-17-11-6-7-12-17)16-22(20)28-18-9-3-1-4-10-18/h5,13,15-18,27-28H,1-4,6-12,14H2,(H,26,31)(H,29,30)/b13-5+. The maximum atomic E-state index is 14.9. The molecule has 0 aromatic heterocycles. The number of halogens is 1. The molecule has 2 fully saturated rings. The van der Waals surface area contributed by atoms with Gasteiger partial charge in [0.05, 0.1) is 11.3 Å². The first-order chi connectivity index (χ1) is 15.0. The minimum atomic E-state index is -0.982. The average Bonchev–Trinajstić information content (AvgIpc) is 3.26. The topological polar surface area (TPSA) is 90.5 Å². The summed E-state index contributed by atoms with van der Waals surface area (Å²) >= 11 is 0. The summed E-state index contributed by atoms with van der Waals surface area (Å²) in [4.78, 5) is 23.3. The number of aliphatic carboxylic acids is 1. The number of carboxylic acid groups (broad SMARTS) is 1. The summed E-state index contributed by atoms with van der Waals surface area (Å²) in [7, 11) is 0. The summed E-state index contributed by atoms with van der Waals surface area (Å²) in [6.07, 6.45) is 13.9. The van der Waals surface area contributed by atoms with Crippen molar-refractivity contribution in [3.63, 3.8) is 0 Å². The number of allylic oxidation sites excluding steroid dienone is 1. The zero-order valence-electron chi connectivity index (χ0n) is 18.1. The molecule has 7 heteroatoms. The van der Waals surface area contributed by atoms with Gasteiger partial charge < -0.3 is 21.1 Å². The smallest absolute Gasteiger partial charge is 0.327 e. The van der Waals surface area contributed by atoms with Crippen molar-refractivity contribution in [2.45, 2.75) is 82.7 Å². The van der Waals surface area contributed by atoms with Crippen molar-refractivity contribution in [1.29, 1.82) is 0 Å². The molecule has 1 aromatic rings. The minimum absolute atomic E-state index is 0.279. The van der Waals surface area contributed by atoms with Crippen molar-refractivity contribution in [3.8, 4) is 0 Å². The lowest BCUT2D eigenvalue weighted by molar-refractivity contribution is -0.131. The van der Waals surface area contributed by atoms with Gasteiger partial charge in [-0.05, 0) is 50.7 Å². The third kappa shape index (κ3) is 7.26. The Morgan fingerprint density at radius 3 is 2.23 bits per heavy atom. The molecule has 0 radical (unpaired) electrons. The van der Waals surface area contributed by atoms with Crippen LogP contribution >= 0.6 is 0 Å². The first-order valence-corrected chi connectivity index (χ1v) is 11.6. The minimum Gasteiger partial charge on any atom is -0.478 e. The van der Waals surface area contributed by atoms with Crippen molar-refractivity contribution in [1.82, 2.24) is 5.32 Å². The second-order valence-electron chi connectivity index (χ2n) is 8.62. The number of amides is 1. The van der Waals surface area contributed by atoms with Gasteiger partial charge in [0.25, 0.3) is 5.91 Å². The van der Waals surface area contributed by atoms with Crippen LogP contribution in [0.5, 0.6) is 0 Å². The van der Waals surface area contributed by atoms with Gasteiger partial charge in [0.15, 0.2) is 0 Å². The summed E-state index contributed by atoms with van der Waals surface area (Å²) in [5.74, 6) is -1.70. The molecule has 0 heterocycles. The number of carboxylic acids is 1. The van der Waals surface area contributed by atoms with E-state index in [0.29, 0.717) is 42.4 Å². The highest BCUT2D eigenvalue weighted by Gasteiger charge is 2.22. The predicted molar refractivity (Wildman–Crippen MR) is 121 cm³/mol. The normalized spacial score (nSPS) is 17.7. The number of anilines is 2. The van der Waals surface area contributed by atoms with Crippen molar-refractivity contribution in [2.75, 3.05) is 17.2 Å². The average molecular weight is 432 g/mol. The van der Waals surface area contributed by atoms with Crippen LogP contribution in [0.15, 0.2) is 24.3 Å². The Balaban J connectivity index is 1.68. The van der Waals surface area contributed by atoms with Crippen LogP contribution in [-0.2, 0) is 4.79 Å². The number of unbranched alkanes of at least 4 members (excludes halogenated alkanes) is 1. The molecule has 170 valence electrons. The van der Waals surface area contributed by atoms with Crippen molar-refractivity contribution in [3.05, 3.63) is 35.7 Å². The molecule has 3 rings (SSSR count). The van der Waals surface area contributed by atoms with Crippen LogP contribution in [0, 0.1) is 5.82 Å².